The zero-order valence-electron chi connectivity index (χ0n) is 32.4. The van der Waals surface area contributed by atoms with Crippen molar-refractivity contribution in [3.8, 4) is 34.4 Å². The van der Waals surface area contributed by atoms with Crippen LogP contribution in [-0.4, -0.2) is 58.3 Å². The second-order valence-electron chi connectivity index (χ2n) is 14.3. The van der Waals surface area contributed by atoms with Crippen molar-refractivity contribution >= 4 is 17.6 Å². The number of nitrogens with zero attached hydrogens (tertiary/aromatic N) is 3. The van der Waals surface area contributed by atoms with Gasteiger partial charge < -0.3 is 29.7 Å². The Morgan fingerprint density at radius 3 is 2.47 bits per heavy atom. The minimum Gasteiger partial charge on any atom is -0.493 e. The Morgan fingerprint density at radius 2 is 1.68 bits per heavy atom. The number of pyridine rings is 1. The lowest BCUT2D eigenvalue weighted by molar-refractivity contribution is -0.144. The quantitative estimate of drug-likeness (QED) is 0.0741. The molecule has 2 heterocycles. The number of hydrogen-bond acceptors (Lipinski definition) is 9. The van der Waals surface area contributed by atoms with Crippen LogP contribution < -0.4 is 19.5 Å². The number of ether oxygens (including phenoxy) is 3. The molecule has 6 rings (SSSR count). The van der Waals surface area contributed by atoms with Crippen LogP contribution in [0.5, 0.6) is 17.2 Å². The Bertz CT molecular complexity index is 2180. The second kappa shape index (κ2) is 20.1. The third-order valence-corrected chi connectivity index (χ3v) is 10.7. The highest BCUT2D eigenvalue weighted by atomic mass is 35.5. The molecule has 0 bridgehead atoms. The number of halogens is 1. The first-order valence-electron chi connectivity index (χ1n) is 19.4. The summed E-state index contributed by atoms with van der Waals surface area (Å²) < 4.78 is 18.9. The lowest BCUT2D eigenvalue weighted by Crippen LogP contribution is -2.44. The molecule has 1 fully saturated rings. The number of aromatic nitrogens is 1. The number of rotatable bonds is 18. The SMILES string of the molecule is Cc1c(COc2cc(OCc3cncc(C#N)c3)c(CN3CCCC[C@H]3C(=O)O)cc2Cl)cccc1-c1cccc(OCCCNC[C@H](O)c2ccccc2)c1C. The Hall–Kier alpha value is -5.44. The summed E-state index contributed by atoms with van der Waals surface area (Å²) >= 11 is 6.86. The molecule has 1 aliphatic rings. The molecule has 4 aromatic carbocycles. The van der Waals surface area contributed by atoms with Gasteiger partial charge in [0, 0.05) is 42.7 Å². The van der Waals surface area contributed by atoms with Crippen LogP contribution in [0.3, 0.4) is 0 Å². The maximum absolute atomic E-state index is 12.1. The molecule has 1 aliphatic heterocycles. The van der Waals surface area contributed by atoms with Gasteiger partial charge in [-0.1, -0.05) is 78.7 Å². The number of piperidine rings is 1. The van der Waals surface area contributed by atoms with Gasteiger partial charge in [-0.3, -0.25) is 14.7 Å². The van der Waals surface area contributed by atoms with Gasteiger partial charge in [-0.05, 0) is 97.8 Å². The molecule has 3 N–H and O–H groups in total. The molecule has 1 saturated heterocycles. The van der Waals surface area contributed by atoms with Gasteiger partial charge in [0.15, 0.2) is 0 Å². The number of nitrogens with one attached hydrogen (secondary N) is 1. The Balaban J connectivity index is 1.13. The molecule has 2 atom stereocenters. The van der Waals surface area contributed by atoms with E-state index in [1.807, 2.05) is 59.5 Å². The molecular weight excluding hydrogens is 740 g/mol. The van der Waals surface area contributed by atoms with Crippen LogP contribution in [0.1, 0.15) is 70.7 Å². The van der Waals surface area contributed by atoms with Crippen molar-refractivity contribution in [3.05, 3.63) is 141 Å². The third-order valence-electron chi connectivity index (χ3n) is 10.4. The van der Waals surface area contributed by atoms with E-state index < -0.39 is 18.1 Å². The molecule has 0 aliphatic carbocycles. The van der Waals surface area contributed by atoms with Crippen LogP contribution in [0.15, 0.2) is 97.3 Å². The second-order valence-corrected chi connectivity index (χ2v) is 14.7. The topological polar surface area (TPSA) is 137 Å². The highest BCUT2D eigenvalue weighted by molar-refractivity contribution is 6.32. The number of hydrogen-bond donors (Lipinski definition) is 3. The molecule has 0 saturated carbocycles. The number of aliphatic hydroxyl groups is 1. The van der Waals surface area contributed by atoms with Crippen LogP contribution in [0.2, 0.25) is 5.02 Å². The fraction of sp³-hybridized carbons (Fsp3) is 0.326. The highest BCUT2D eigenvalue weighted by Crippen LogP contribution is 2.37. The molecule has 0 spiro atoms. The van der Waals surface area contributed by atoms with Crippen LogP contribution in [-0.2, 0) is 24.6 Å². The van der Waals surface area contributed by atoms with Crippen LogP contribution in [0.25, 0.3) is 11.1 Å². The molecule has 0 amide bonds. The normalized spacial score (nSPS) is 14.8. The van der Waals surface area contributed by atoms with E-state index in [1.165, 1.54) is 6.20 Å². The molecule has 296 valence electrons. The number of aliphatic hydroxyl groups excluding tert-OH is 1. The number of carboxylic acid groups (broad SMARTS) is 1. The average molecular weight is 789 g/mol. The first-order chi connectivity index (χ1) is 27.7. The molecular formula is C46H49ClN4O6. The Labute approximate surface area is 339 Å². The van der Waals surface area contributed by atoms with Gasteiger partial charge >= 0.3 is 5.97 Å². The lowest BCUT2D eigenvalue weighted by Gasteiger charge is -2.33. The summed E-state index contributed by atoms with van der Waals surface area (Å²) in [5.74, 6) is 0.944. The van der Waals surface area contributed by atoms with E-state index in [0.717, 1.165) is 76.1 Å². The van der Waals surface area contributed by atoms with E-state index in [-0.39, 0.29) is 13.2 Å². The van der Waals surface area contributed by atoms with Crippen molar-refractivity contribution < 1.29 is 29.2 Å². The number of carboxylic acids is 1. The smallest absolute Gasteiger partial charge is 0.320 e. The van der Waals surface area contributed by atoms with E-state index in [0.29, 0.717) is 54.7 Å². The van der Waals surface area contributed by atoms with Gasteiger partial charge in [-0.15, -0.1) is 0 Å². The minimum atomic E-state index is -0.838. The van der Waals surface area contributed by atoms with Gasteiger partial charge in [-0.25, -0.2) is 0 Å². The maximum Gasteiger partial charge on any atom is 0.320 e. The van der Waals surface area contributed by atoms with Crippen molar-refractivity contribution in [2.45, 2.75) is 71.4 Å². The Morgan fingerprint density at radius 1 is 0.912 bits per heavy atom. The van der Waals surface area contributed by atoms with E-state index in [9.17, 15) is 20.3 Å². The van der Waals surface area contributed by atoms with Crippen molar-refractivity contribution in [2.75, 3.05) is 26.2 Å². The summed E-state index contributed by atoms with van der Waals surface area (Å²) in [6.07, 6.45) is 5.76. The molecule has 10 nitrogen and oxygen atoms in total. The average Bonchev–Trinajstić information content (AvgIpc) is 3.23. The standard InChI is InChI=1S/C46H49ClN4O6/c1-31-36(13-8-14-38(31)39-15-9-17-43(32(39)2)55-20-10-18-49-27-42(52)35-11-4-3-5-12-35)30-57-45-23-44(56-29-34-21-33(24-48)25-50-26-34)37(22-40(45)47)28-51-19-7-6-16-41(51)46(53)54/h3-5,8-9,11-15,17,21-23,25-26,41-42,49,52H,6-7,10,16,18-20,27-30H2,1-2H3,(H,53,54)/t41-,42-/m0/s1. The van der Waals surface area contributed by atoms with Crippen molar-refractivity contribution in [2.24, 2.45) is 0 Å². The molecule has 0 radical (unpaired) electrons. The van der Waals surface area contributed by atoms with Gasteiger partial charge in [0.05, 0.1) is 23.3 Å². The van der Waals surface area contributed by atoms with E-state index >= 15 is 0 Å². The lowest BCUT2D eigenvalue weighted by atomic mass is 9.93. The summed E-state index contributed by atoms with van der Waals surface area (Å²) in [6, 6.07) is 28.7. The number of nitriles is 1. The fourth-order valence-corrected chi connectivity index (χ4v) is 7.41. The van der Waals surface area contributed by atoms with E-state index in [2.05, 4.69) is 42.4 Å². The Kier molecular flexibility index (Phi) is 14.5. The third kappa shape index (κ3) is 10.9. The predicted molar refractivity (Wildman–Crippen MR) is 220 cm³/mol. The fourth-order valence-electron chi connectivity index (χ4n) is 7.17. The van der Waals surface area contributed by atoms with E-state index in [4.69, 9.17) is 25.8 Å². The summed E-state index contributed by atoms with van der Waals surface area (Å²) in [5, 5.41) is 33.4. The predicted octanol–water partition coefficient (Wildman–Crippen LogP) is 8.58. The van der Waals surface area contributed by atoms with E-state index in [1.54, 1.807) is 24.4 Å². The van der Waals surface area contributed by atoms with Crippen LogP contribution >= 0.6 is 11.6 Å². The van der Waals surface area contributed by atoms with Crippen molar-refractivity contribution in [3.63, 3.8) is 0 Å². The summed E-state index contributed by atoms with van der Waals surface area (Å²) in [7, 11) is 0. The molecule has 5 aromatic rings. The molecule has 57 heavy (non-hydrogen) atoms. The number of likely N-dealkylation sites (tertiary alicyclic amines) is 1. The number of benzene rings is 4. The largest absolute Gasteiger partial charge is 0.493 e. The van der Waals surface area contributed by atoms with Gasteiger partial charge in [0.25, 0.3) is 0 Å². The first kappa shape index (κ1) is 41.2. The summed E-state index contributed by atoms with van der Waals surface area (Å²) in [6.45, 7) is 7.30. The first-order valence-corrected chi connectivity index (χ1v) is 19.7. The van der Waals surface area contributed by atoms with Crippen LogP contribution in [0.4, 0.5) is 0 Å². The highest BCUT2D eigenvalue weighted by Gasteiger charge is 2.29. The van der Waals surface area contributed by atoms with Gasteiger partial charge in [0.2, 0.25) is 0 Å². The van der Waals surface area contributed by atoms with Gasteiger partial charge in [-0.2, -0.15) is 5.26 Å². The van der Waals surface area contributed by atoms with Crippen molar-refractivity contribution in [1.82, 2.24) is 15.2 Å². The number of carbonyl (C=O) groups is 1. The zero-order chi connectivity index (χ0) is 40.1. The number of aliphatic carboxylic acids is 1. The van der Waals surface area contributed by atoms with Gasteiger partial charge in [0.1, 0.15) is 42.6 Å². The van der Waals surface area contributed by atoms with Crippen LogP contribution in [0, 0.1) is 25.2 Å². The monoisotopic (exact) mass is 788 g/mol. The summed E-state index contributed by atoms with van der Waals surface area (Å²) in [4.78, 5) is 18.2. The van der Waals surface area contributed by atoms with Crippen molar-refractivity contribution in [1.29, 1.82) is 5.26 Å². The maximum atomic E-state index is 12.1. The minimum absolute atomic E-state index is 0.151. The zero-order valence-corrected chi connectivity index (χ0v) is 33.2. The summed E-state index contributed by atoms with van der Waals surface area (Å²) in [5.41, 5.74) is 8.04. The molecule has 0 unspecified atom stereocenters. The molecule has 1 aromatic heterocycles. The molecule has 11 heteroatoms.